The van der Waals surface area contributed by atoms with E-state index in [0.717, 1.165) is 6.08 Å². The number of aliphatic hydroxyl groups is 6. The van der Waals surface area contributed by atoms with E-state index in [2.05, 4.69) is 0 Å². The highest BCUT2D eigenvalue weighted by molar-refractivity contribution is 6.25. The number of fused-ring (bicyclic) bond motifs is 10. The number of rotatable bonds is 4. The van der Waals surface area contributed by atoms with Gasteiger partial charge in [0.15, 0.2) is 40.0 Å². The number of aliphatic hydroxyl groups excluding tert-OH is 4. The summed E-state index contributed by atoms with van der Waals surface area (Å²) in [4.78, 5) is 64.9. The van der Waals surface area contributed by atoms with Gasteiger partial charge in [-0.05, 0) is 103 Å². The number of phenolic OH excluding ortho intramolecular Hbond substituents is 1. The third kappa shape index (κ3) is 5.53. The Balaban J connectivity index is 0.000000175. The zero-order valence-corrected chi connectivity index (χ0v) is 36.4. The molecule has 1 aromatic carbocycles. The molecule has 0 unspecified atom stereocenters. The molecule has 0 bridgehead atoms. The molecule has 64 heavy (non-hydrogen) atoms. The number of nitrogens with zero attached hydrogens (tertiary/aromatic N) is 1. The number of carbonyl (C=O) groups excluding carboxylic acids is 5. The normalized spacial score (nSPS) is 43.8. The summed E-state index contributed by atoms with van der Waals surface area (Å²) in [6.07, 6.45) is -0.351. The van der Waals surface area contributed by atoms with Crippen molar-refractivity contribution in [3.63, 3.8) is 0 Å². The molecule has 16 nitrogen and oxygen atoms in total. The number of benzene rings is 1. The van der Waals surface area contributed by atoms with Crippen LogP contribution in [0, 0.1) is 34.5 Å². The van der Waals surface area contributed by atoms with Crippen molar-refractivity contribution in [2.75, 3.05) is 20.7 Å². The van der Waals surface area contributed by atoms with Gasteiger partial charge in [-0.1, -0.05) is 25.1 Å². The van der Waals surface area contributed by atoms with Gasteiger partial charge in [0, 0.05) is 34.2 Å². The molecule has 1 amide bonds. The summed E-state index contributed by atoms with van der Waals surface area (Å²) in [6, 6.07) is 3.05. The van der Waals surface area contributed by atoms with Crippen molar-refractivity contribution in [2.45, 2.75) is 113 Å². The largest absolute Gasteiger partial charge is 0.510 e. The fourth-order valence-corrected chi connectivity index (χ4v) is 13.4. The molecule has 0 aromatic heterocycles. The Kier molecular flexibility index (Phi) is 10.1. The van der Waals surface area contributed by atoms with Crippen LogP contribution < -0.4 is 5.73 Å². The highest BCUT2D eigenvalue weighted by Gasteiger charge is 2.80. The van der Waals surface area contributed by atoms with E-state index in [4.69, 9.17) is 15.2 Å². The zero-order chi connectivity index (χ0) is 47.4. The van der Waals surface area contributed by atoms with Crippen molar-refractivity contribution >= 4 is 29.0 Å². The molecule has 1 heterocycles. The van der Waals surface area contributed by atoms with E-state index in [9.17, 15) is 59.7 Å². The van der Waals surface area contributed by atoms with E-state index in [1.165, 1.54) is 63.2 Å². The maximum absolute atomic E-state index is 17.1. The van der Waals surface area contributed by atoms with Crippen LogP contribution in [0.1, 0.15) is 76.2 Å². The fraction of sp³-hybridized carbons (Fsp3) is 0.587. The van der Waals surface area contributed by atoms with E-state index >= 15 is 8.78 Å². The molecule has 14 atom stereocenters. The minimum absolute atomic E-state index is 0.0550. The number of carbonyl (C=O) groups is 5. The van der Waals surface area contributed by atoms with E-state index < -0.39 is 151 Å². The lowest BCUT2D eigenvalue weighted by atomic mass is 9.44. The highest BCUT2D eigenvalue weighted by atomic mass is 19.1. The van der Waals surface area contributed by atoms with Crippen molar-refractivity contribution in [1.82, 2.24) is 4.90 Å². The van der Waals surface area contributed by atoms with Gasteiger partial charge in [0.2, 0.25) is 5.78 Å². The molecular formula is C46H54F2N2O14. The van der Waals surface area contributed by atoms with Crippen molar-refractivity contribution in [2.24, 2.45) is 40.2 Å². The molecule has 346 valence electrons. The number of likely N-dealkylation sites (N-methyl/N-ethyl adjacent to an activating group) is 1. The number of ether oxygens (including phenoxy) is 2. The maximum Gasteiger partial charge on any atom is 0.255 e. The van der Waals surface area contributed by atoms with E-state index in [0.29, 0.717) is 0 Å². The van der Waals surface area contributed by atoms with Crippen molar-refractivity contribution < 1.29 is 78.0 Å². The van der Waals surface area contributed by atoms with Crippen LogP contribution in [0.2, 0.25) is 0 Å². The number of alkyl halides is 2. The van der Waals surface area contributed by atoms with Crippen molar-refractivity contribution in [1.29, 1.82) is 0 Å². The van der Waals surface area contributed by atoms with Gasteiger partial charge in [-0.25, -0.2) is 8.78 Å². The molecule has 0 radical (unpaired) electrons. The van der Waals surface area contributed by atoms with Crippen LogP contribution in [-0.4, -0.2) is 137 Å². The zero-order valence-electron chi connectivity index (χ0n) is 36.4. The third-order valence-electron chi connectivity index (χ3n) is 16.2. The second kappa shape index (κ2) is 14.2. The topological polar surface area (TPSA) is 275 Å². The van der Waals surface area contributed by atoms with E-state index in [1.54, 1.807) is 20.8 Å². The summed E-state index contributed by atoms with van der Waals surface area (Å²) in [7, 11) is 3.06. The number of halogens is 2. The summed E-state index contributed by atoms with van der Waals surface area (Å²) in [6.45, 7) is 7.28. The second-order valence-corrected chi connectivity index (χ2v) is 20.0. The Morgan fingerprint density at radius 1 is 0.969 bits per heavy atom. The van der Waals surface area contributed by atoms with Crippen LogP contribution in [0.15, 0.2) is 64.7 Å². The van der Waals surface area contributed by atoms with Crippen LogP contribution in [-0.2, 0) is 34.3 Å². The smallest absolute Gasteiger partial charge is 0.255 e. The number of phenols is 1. The van der Waals surface area contributed by atoms with Crippen LogP contribution in [0.3, 0.4) is 0 Å². The van der Waals surface area contributed by atoms with Crippen LogP contribution in [0.5, 0.6) is 5.75 Å². The average molecular weight is 897 g/mol. The predicted octanol–water partition coefficient (Wildman–Crippen LogP) is 2.15. The van der Waals surface area contributed by atoms with Gasteiger partial charge in [0.25, 0.3) is 5.91 Å². The first-order valence-electron chi connectivity index (χ1n) is 21.2. The molecule has 9 N–H and O–H groups in total. The summed E-state index contributed by atoms with van der Waals surface area (Å²) in [5.74, 6) is -11.4. The SMILES string of the molecule is CC1(C)O[C@@H]2C[C@H]3[C@@H]4C[C@H](F)C5=CC(=O)C=C[C@]5(C)[C@@]4(F)[C@@H](O)C[C@]3(C)[C@]2(C(=O)CO)O1.CN(C)[C@@H]1C(O)=C(C(N)=O)C(=O)[C@@]2(O)C(O)=C3C(=O)c4c(O)cccc4[C@@](C)(O)[C@H]3C[C@@H]12. The van der Waals surface area contributed by atoms with Gasteiger partial charge < -0.3 is 51.0 Å². The minimum atomic E-state index is -2.75. The van der Waals surface area contributed by atoms with E-state index in [1.807, 2.05) is 0 Å². The molecule has 0 spiro atoms. The number of nitrogens with two attached hydrogens (primary N) is 1. The first-order valence-corrected chi connectivity index (χ1v) is 21.2. The van der Waals surface area contributed by atoms with Crippen LogP contribution in [0.25, 0.3) is 0 Å². The number of aromatic hydroxyl groups is 1. The summed E-state index contributed by atoms with van der Waals surface area (Å²) in [5, 5.41) is 76.2. The summed E-state index contributed by atoms with van der Waals surface area (Å²) >= 11 is 0. The lowest BCUT2D eigenvalue weighted by Crippen LogP contribution is -2.71. The fourth-order valence-electron chi connectivity index (χ4n) is 13.4. The van der Waals surface area contributed by atoms with Gasteiger partial charge in [-0.3, -0.25) is 28.9 Å². The number of hydrogen-bond acceptors (Lipinski definition) is 15. The van der Waals surface area contributed by atoms with Gasteiger partial charge in [0.05, 0.1) is 29.4 Å². The first kappa shape index (κ1) is 45.9. The first-order chi connectivity index (χ1) is 29.5. The lowest BCUT2D eigenvalue weighted by molar-refractivity contribution is -0.248. The Hall–Kier alpha value is -4.69. The van der Waals surface area contributed by atoms with Gasteiger partial charge in [-0.15, -0.1) is 0 Å². The average Bonchev–Trinajstić information content (AvgIpc) is 3.61. The van der Waals surface area contributed by atoms with Crippen molar-refractivity contribution in [3.05, 3.63) is 75.8 Å². The monoisotopic (exact) mass is 896 g/mol. The molecule has 9 rings (SSSR count). The molecule has 7 aliphatic carbocycles. The number of allylic oxidation sites excluding steroid dienone is 4. The Labute approximate surface area is 366 Å². The Morgan fingerprint density at radius 3 is 2.23 bits per heavy atom. The highest BCUT2D eigenvalue weighted by Crippen LogP contribution is 2.72. The van der Waals surface area contributed by atoms with Gasteiger partial charge in [0.1, 0.15) is 35.6 Å². The second-order valence-electron chi connectivity index (χ2n) is 20.0. The molecule has 18 heteroatoms. The molecule has 1 aliphatic heterocycles. The molecule has 3 saturated carbocycles. The number of Topliss-reactive ketones (excluding diaryl/α,β-unsaturated/α-hetero) is 3. The number of amides is 1. The quantitative estimate of drug-likeness (QED) is 0.201. The van der Waals surface area contributed by atoms with Crippen molar-refractivity contribution in [3.8, 4) is 5.75 Å². The summed E-state index contributed by atoms with van der Waals surface area (Å²) < 4.78 is 44.8. The summed E-state index contributed by atoms with van der Waals surface area (Å²) in [5.41, 5.74) is -6.95. The molecule has 1 aromatic rings. The molecule has 8 aliphatic rings. The lowest BCUT2D eigenvalue weighted by Gasteiger charge is -2.63. The number of ketones is 4. The number of hydrogen-bond donors (Lipinski definition) is 8. The molecule has 4 fully saturated rings. The predicted molar refractivity (Wildman–Crippen MR) is 218 cm³/mol. The van der Waals surface area contributed by atoms with Gasteiger partial charge >= 0.3 is 0 Å². The molecular weight excluding hydrogens is 843 g/mol. The Morgan fingerprint density at radius 2 is 1.62 bits per heavy atom. The standard InChI is InChI=1S/C24H30F2O6.C22H24N2O8/c1-20(2)31-19-9-13-14-8-16(25)15-7-12(28)5-6-21(15,3)23(14,26)17(29)10-22(13,4)24(19,32-20)18(30)11-27;1-21(31)8-5-4-6-11(25)12(8)16(26)13-9(21)7-10-15(24(2)3)17(27)14(20(23)30)19(29)22(10,32)18(13)28/h5-7,13-14,16-17,19,27,29H,8-11H2,1-4H3;4-6,9-10,15,25,27-28,31-32H,7H2,1-3H3,(H2,23,30)/t13-,14-,16-,17-,19+,21-,22-,23-,24+;9-,10-,15-,21+,22-/m00/s1. The van der Waals surface area contributed by atoms with Gasteiger partial charge in [-0.2, -0.15) is 0 Å². The molecule has 1 saturated heterocycles. The van der Waals surface area contributed by atoms with E-state index in [-0.39, 0.29) is 42.4 Å². The number of primary amides is 1. The van der Waals surface area contributed by atoms with Crippen LogP contribution in [0.4, 0.5) is 8.78 Å². The van der Waals surface area contributed by atoms with Crippen LogP contribution >= 0.6 is 0 Å². The maximum atomic E-state index is 17.1. The third-order valence-corrected chi connectivity index (χ3v) is 16.2. The minimum Gasteiger partial charge on any atom is -0.510 e. The Bertz CT molecular complexity index is 2440.